The molecule has 1 fully saturated rings. The lowest BCUT2D eigenvalue weighted by atomic mass is 10.1. The van der Waals surface area contributed by atoms with Gasteiger partial charge in [-0.1, -0.05) is 12.1 Å². The van der Waals surface area contributed by atoms with Crippen molar-refractivity contribution < 1.29 is 14.7 Å². The van der Waals surface area contributed by atoms with E-state index in [0.29, 0.717) is 17.0 Å². The second-order valence-corrected chi connectivity index (χ2v) is 6.08. The zero-order valence-corrected chi connectivity index (χ0v) is 12.5. The number of carbonyl (C=O) groups is 2. The maximum Gasteiger partial charge on any atom is 0.327 e. The summed E-state index contributed by atoms with van der Waals surface area (Å²) in [5, 5.41) is 20.8. The number of aryl methyl sites for hydroxylation is 1. The third-order valence-electron chi connectivity index (χ3n) is 3.37. The minimum absolute atomic E-state index is 0.221. The fraction of sp³-hybridized carbons (Fsp3) is 0.357. The molecule has 1 saturated heterocycles. The molecular weight excluding hydrogens is 290 g/mol. The monoisotopic (exact) mass is 305 g/mol. The lowest BCUT2D eigenvalue weighted by Crippen LogP contribution is -2.46. The first-order valence-electron chi connectivity index (χ1n) is 6.39. The van der Waals surface area contributed by atoms with Crippen LogP contribution in [-0.2, 0) is 4.79 Å². The molecule has 0 spiro atoms. The van der Waals surface area contributed by atoms with Gasteiger partial charge in [-0.3, -0.25) is 4.90 Å². The van der Waals surface area contributed by atoms with Crippen LogP contribution in [-0.4, -0.2) is 39.2 Å². The molecule has 2 amide bonds. The van der Waals surface area contributed by atoms with Crippen molar-refractivity contribution in [1.82, 2.24) is 4.90 Å². The highest BCUT2D eigenvalue weighted by Gasteiger charge is 2.39. The highest BCUT2D eigenvalue weighted by Crippen LogP contribution is 2.30. The number of aliphatic carboxylic acids is 1. The van der Waals surface area contributed by atoms with Crippen molar-refractivity contribution in [1.29, 1.82) is 5.26 Å². The van der Waals surface area contributed by atoms with Gasteiger partial charge in [0.05, 0.1) is 16.6 Å². The Kier molecular flexibility index (Phi) is 4.38. The van der Waals surface area contributed by atoms with Crippen LogP contribution in [0.3, 0.4) is 0 Å². The van der Waals surface area contributed by atoms with Gasteiger partial charge in [-0.2, -0.15) is 5.26 Å². The van der Waals surface area contributed by atoms with Crippen LogP contribution in [0.15, 0.2) is 18.2 Å². The van der Waals surface area contributed by atoms with Gasteiger partial charge >= 0.3 is 12.0 Å². The molecule has 1 aliphatic heterocycles. The molecule has 0 aromatic heterocycles. The molecule has 7 heteroatoms. The molecule has 6 nitrogen and oxygen atoms in total. The summed E-state index contributed by atoms with van der Waals surface area (Å²) < 4.78 is 0. The summed E-state index contributed by atoms with van der Waals surface area (Å²) in [6.45, 7) is 3.57. The van der Waals surface area contributed by atoms with Crippen molar-refractivity contribution >= 4 is 29.4 Å². The van der Waals surface area contributed by atoms with E-state index in [4.69, 9.17) is 5.26 Å². The van der Waals surface area contributed by atoms with Crippen molar-refractivity contribution in [2.45, 2.75) is 25.3 Å². The standard InChI is InChI=1S/C14H15N3O3S/c1-8-4-3-5-11(10(8)6-15)16-14(20)17-9(2)21-7-12(17)13(18)19/h3-5,9,12H,7H2,1-2H3,(H,16,20)(H,18,19). The van der Waals surface area contributed by atoms with Gasteiger partial charge in [0.15, 0.2) is 0 Å². The lowest BCUT2D eigenvalue weighted by Gasteiger charge is -2.25. The highest BCUT2D eigenvalue weighted by molar-refractivity contribution is 8.00. The van der Waals surface area contributed by atoms with Gasteiger partial charge < -0.3 is 10.4 Å². The lowest BCUT2D eigenvalue weighted by molar-refractivity contribution is -0.141. The van der Waals surface area contributed by atoms with Crippen LogP contribution >= 0.6 is 11.8 Å². The van der Waals surface area contributed by atoms with Crippen molar-refractivity contribution in [3.8, 4) is 6.07 Å². The summed E-state index contributed by atoms with van der Waals surface area (Å²) in [5.74, 6) is -0.658. The molecule has 0 saturated carbocycles. The first-order valence-corrected chi connectivity index (χ1v) is 7.44. The summed E-state index contributed by atoms with van der Waals surface area (Å²) in [5.41, 5.74) is 1.54. The molecule has 0 aliphatic carbocycles. The summed E-state index contributed by atoms with van der Waals surface area (Å²) >= 11 is 1.41. The van der Waals surface area contributed by atoms with Crippen LogP contribution < -0.4 is 5.32 Å². The van der Waals surface area contributed by atoms with Crippen molar-refractivity contribution in [2.75, 3.05) is 11.1 Å². The number of hydrogen-bond acceptors (Lipinski definition) is 4. The minimum atomic E-state index is -1.02. The van der Waals surface area contributed by atoms with Crippen LogP contribution in [0.25, 0.3) is 0 Å². The number of anilines is 1. The number of rotatable bonds is 2. The Hall–Kier alpha value is -2.20. The molecular formula is C14H15N3O3S. The summed E-state index contributed by atoms with van der Waals surface area (Å²) in [6.07, 6.45) is 0. The number of nitrogens with zero attached hydrogens (tertiary/aromatic N) is 2. The van der Waals surface area contributed by atoms with E-state index in [2.05, 4.69) is 11.4 Å². The van der Waals surface area contributed by atoms with Crippen LogP contribution in [0, 0.1) is 18.3 Å². The molecule has 1 aromatic carbocycles. The number of carboxylic acids is 1. The molecule has 1 aliphatic rings. The second-order valence-electron chi connectivity index (χ2n) is 4.73. The molecule has 2 rings (SSSR count). The van der Waals surface area contributed by atoms with Gasteiger partial charge in [-0.15, -0.1) is 11.8 Å². The third kappa shape index (κ3) is 2.95. The van der Waals surface area contributed by atoms with E-state index >= 15 is 0 Å². The maximum absolute atomic E-state index is 12.3. The average Bonchev–Trinajstić information content (AvgIpc) is 2.81. The van der Waals surface area contributed by atoms with Crippen molar-refractivity contribution in [3.63, 3.8) is 0 Å². The average molecular weight is 305 g/mol. The van der Waals surface area contributed by atoms with Gasteiger partial charge in [-0.25, -0.2) is 9.59 Å². The zero-order chi connectivity index (χ0) is 15.6. The Bertz CT molecular complexity index is 626. The Morgan fingerprint density at radius 3 is 2.86 bits per heavy atom. The number of carbonyl (C=O) groups excluding carboxylic acids is 1. The van der Waals surface area contributed by atoms with E-state index in [1.807, 2.05) is 0 Å². The molecule has 110 valence electrons. The number of carboxylic acid groups (broad SMARTS) is 1. The van der Waals surface area contributed by atoms with Crippen LogP contribution in [0.4, 0.5) is 10.5 Å². The van der Waals surface area contributed by atoms with E-state index in [1.54, 1.807) is 32.0 Å². The number of urea groups is 1. The van der Waals surface area contributed by atoms with Gasteiger partial charge in [0.1, 0.15) is 12.1 Å². The molecule has 21 heavy (non-hydrogen) atoms. The molecule has 2 unspecified atom stereocenters. The number of thioether (sulfide) groups is 1. The number of nitrogens with one attached hydrogen (secondary N) is 1. The first-order chi connectivity index (χ1) is 9.95. The Morgan fingerprint density at radius 1 is 1.52 bits per heavy atom. The van der Waals surface area contributed by atoms with Crippen molar-refractivity contribution in [3.05, 3.63) is 29.3 Å². The van der Waals surface area contributed by atoms with E-state index in [1.165, 1.54) is 16.7 Å². The van der Waals surface area contributed by atoms with E-state index < -0.39 is 18.0 Å². The third-order valence-corrected chi connectivity index (χ3v) is 4.59. The topological polar surface area (TPSA) is 93.4 Å². The summed E-state index contributed by atoms with van der Waals surface area (Å²) in [4.78, 5) is 24.9. The molecule has 0 bridgehead atoms. The summed E-state index contributed by atoms with van der Waals surface area (Å²) in [6, 6.07) is 5.86. The van der Waals surface area contributed by atoms with Crippen molar-refractivity contribution in [2.24, 2.45) is 0 Å². The van der Waals surface area contributed by atoms with E-state index in [-0.39, 0.29) is 5.37 Å². The fourth-order valence-corrected chi connectivity index (χ4v) is 3.41. The maximum atomic E-state index is 12.3. The fourth-order valence-electron chi connectivity index (χ4n) is 2.24. The van der Waals surface area contributed by atoms with Gasteiger partial charge in [0.2, 0.25) is 0 Å². The predicted octanol–water partition coefficient (Wildman–Crippen LogP) is 2.25. The molecule has 1 heterocycles. The second kappa shape index (κ2) is 6.06. The largest absolute Gasteiger partial charge is 0.480 e. The Labute approximate surface area is 126 Å². The molecule has 0 radical (unpaired) electrons. The number of benzene rings is 1. The molecule has 1 aromatic rings. The predicted molar refractivity (Wildman–Crippen MR) is 80.1 cm³/mol. The SMILES string of the molecule is Cc1cccc(NC(=O)N2C(C)SCC2C(=O)O)c1C#N. The van der Waals surface area contributed by atoms with Gasteiger partial charge in [0.25, 0.3) is 0 Å². The minimum Gasteiger partial charge on any atom is -0.480 e. The quantitative estimate of drug-likeness (QED) is 0.874. The van der Waals surface area contributed by atoms with E-state index in [9.17, 15) is 14.7 Å². The first kappa shape index (κ1) is 15.2. The molecule has 2 N–H and O–H groups in total. The normalized spacial score (nSPS) is 20.9. The van der Waals surface area contributed by atoms with E-state index in [0.717, 1.165) is 5.56 Å². The number of amides is 2. The summed E-state index contributed by atoms with van der Waals surface area (Å²) in [7, 11) is 0. The van der Waals surface area contributed by atoms with Crippen LogP contribution in [0.2, 0.25) is 0 Å². The van der Waals surface area contributed by atoms with Crippen LogP contribution in [0.1, 0.15) is 18.1 Å². The van der Waals surface area contributed by atoms with Crippen LogP contribution in [0.5, 0.6) is 0 Å². The van der Waals surface area contributed by atoms with Gasteiger partial charge in [0, 0.05) is 5.75 Å². The zero-order valence-electron chi connectivity index (χ0n) is 11.7. The number of nitriles is 1. The Morgan fingerprint density at radius 2 is 2.24 bits per heavy atom. The number of hydrogen-bond donors (Lipinski definition) is 2. The Balaban J connectivity index is 2.24. The highest BCUT2D eigenvalue weighted by atomic mass is 32.2. The van der Waals surface area contributed by atoms with Gasteiger partial charge in [-0.05, 0) is 25.5 Å². The smallest absolute Gasteiger partial charge is 0.327 e. The molecule has 2 atom stereocenters.